The zero-order valence-electron chi connectivity index (χ0n) is 12.3. The van der Waals surface area contributed by atoms with Gasteiger partial charge in [0.2, 0.25) is 5.16 Å². The first-order chi connectivity index (χ1) is 10.9. The van der Waals surface area contributed by atoms with E-state index in [1.165, 1.54) is 12.8 Å². The summed E-state index contributed by atoms with van der Waals surface area (Å²) < 4.78 is 1.73. The number of oxime groups is 1. The van der Waals surface area contributed by atoms with Crippen LogP contribution in [0.4, 0.5) is 0 Å². The van der Waals surface area contributed by atoms with Crippen LogP contribution in [0.25, 0.3) is 5.69 Å². The van der Waals surface area contributed by atoms with Crippen molar-refractivity contribution in [1.82, 2.24) is 20.2 Å². The average Bonchev–Trinajstić information content (AvgIpc) is 2.99. The summed E-state index contributed by atoms with van der Waals surface area (Å²) in [4.78, 5) is 0. The Hall–Kier alpha value is -1.89. The lowest BCUT2D eigenvalue weighted by Gasteiger charge is -2.19. The minimum atomic E-state index is 0.138. The van der Waals surface area contributed by atoms with Crippen LogP contribution in [-0.4, -0.2) is 36.4 Å². The van der Waals surface area contributed by atoms with Gasteiger partial charge in [0, 0.05) is 0 Å². The molecule has 116 valence electrons. The largest absolute Gasteiger partial charge is 0.411 e. The van der Waals surface area contributed by atoms with Gasteiger partial charge in [0.25, 0.3) is 0 Å². The average molecular weight is 317 g/mol. The van der Waals surface area contributed by atoms with Crippen LogP contribution in [0.5, 0.6) is 0 Å². The second kappa shape index (κ2) is 7.40. The van der Waals surface area contributed by atoms with E-state index in [9.17, 15) is 5.21 Å². The molecule has 1 aromatic heterocycles. The molecule has 0 aliphatic heterocycles. The van der Waals surface area contributed by atoms with Crippen molar-refractivity contribution in [2.24, 2.45) is 5.16 Å². The lowest BCUT2D eigenvalue weighted by Crippen LogP contribution is -2.20. The molecule has 0 spiro atoms. The van der Waals surface area contributed by atoms with Gasteiger partial charge >= 0.3 is 0 Å². The van der Waals surface area contributed by atoms with E-state index in [1.54, 1.807) is 16.4 Å². The van der Waals surface area contributed by atoms with Crippen molar-refractivity contribution in [3.8, 4) is 5.69 Å². The summed E-state index contributed by atoms with van der Waals surface area (Å²) in [5.74, 6) is 0. The minimum Gasteiger partial charge on any atom is -0.411 e. The number of hydrogen-bond acceptors (Lipinski definition) is 6. The Kier molecular flexibility index (Phi) is 5.05. The third-order valence-corrected chi connectivity index (χ3v) is 5.10. The number of para-hydroxylation sites is 1. The van der Waals surface area contributed by atoms with Crippen molar-refractivity contribution in [2.45, 2.75) is 48.9 Å². The van der Waals surface area contributed by atoms with Crippen LogP contribution in [0.15, 0.2) is 40.6 Å². The van der Waals surface area contributed by atoms with Gasteiger partial charge in [0.05, 0.1) is 16.6 Å². The molecule has 1 atom stereocenters. The highest BCUT2D eigenvalue weighted by Crippen LogP contribution is 2.30. The first kappa shape index (κ1) is 15.0. The second-order valence-electron chi connectivity index (χ2n) is 5.36. The topological polar surface area (TPSA) is 76.2 Å². The number of hydrogen-bond donors (Lipinski definition) is 1. The lowest BCUT2D eigenvalue weighted by atomic mass is 9.99. The summed E-state index contributed by atoms with van der Waals surface area (Å²) in [6.07, 6.45) is 6.51. The molecule has 0 radical (unpaired) electrons. The van der Waals surface area contributed by atoms with E-state index >= 15 is 0 Å². The van der Waals surface area contributed by atoms with Crippen molar-refractivity contribution >= 4 is 17.5 Å². The summed E-state index contributed by atoms with van der Waals surface area (Å²) in [6, 6.07) is 9.83. The molecule has 7 heteroatoms. The molecule has 1 saturated carbocycles. The highest BCUT2D eigenvalue weighted by Gasteiger charge is 2.23. The Labute approximate surface area is 133 Å². The van der Waals surface area contributed by atoms with Gasteiger partial charge in [-0.25, -0.2) is 0 Å². The summed E-state index contributed by atoms with van der Waals surface area (Å²) in [5.41, 5.74) is 1.79. The number of benzene rings is 1. The smallest absolute Gasteiger partial charge is 0.214 e. The maximum Gasteiger partial charge on any atom is 0.214 e. The molecule has 0 amide bonds. The van der Waals surface area contributed by atoms with Crippen LogP contribution in [-0.2, 0) is 0 Å². The molecule has 3 rings (SSSR count). The highest BCUT2D eigenvalue weighted by atomic mass is 32.2. The first-order valence-electron chi connectivity index (χ1n) is 7.60. The molecule has 22 heavy (non-hydrogen) atoms. The number of aromatic nitrogens is 4. The summed E-state index contributed by atoms with van der Waals surface area (Å²) in [6.45, 7) is 0. The van der Waals surface area contributed by atoms with Crippen molar-refractivity contribution < 1.29 is 5.21 Å². The maximum absolute atomic E-state index is 9.31. The van der Waals surface area contributed by atoms with Gasteiger partial charge in [0.1, 0.15) is 0 Å². The van der Waals surface area contributed by atoms with Gasteiger partial charge < -0.3 is 5.21 Å². The second-order valence-corrected chi connectivity index (χ2v) is 6.53. The summed E-state index contributed by atoms with van der Waals surface area (Å²) >= 11 is 1.58. The normalized spacial score (nSPS) is 21.5. The van der Waals surface area contributed by atoms with E-state index in [0.29, 0.717) is 0 Å². The standard InChI is InChI=1S/C15H19N5OS/c21-17-13-10-6-1-2-7-11-14(13)22-15-16-18-19-20(15)12-8-4-3-5-9-12/h3-5,8-9,14,21H,1-2,6-7,10-11H2. The molecule has 1 fully saturated rings. The molecular formula is C15H19N5OS. The molecule has 1 aliphatic carbocycles. The highest BCUT2D eigenvalue weighted by molar-refractivity contribution is 8.00. The number of rotatable bonds is 3. The number of nitrogens with zero attached hydrogens (tertiary/aromatic N) is 5. The number of thioether (sulfide) groups is 1. The zero-order valence-corrected chi connectivity index (χ0v) is 13.1. The molecule has 0 bridgehead atoms. The third-order valence-electron chi connectivity index (χ3n) is 3.84. The number of tetrazole rings is 1. The minimum absolute atomic E-state index is 0.138. The van der Waals surface area contributed by atoms with Crippen LogP contribution in [0.3, 0.4) is 0 Å². The molecular weight excluding hydrogens is 298 g/mol. The SMILES string of the molecule is ON=C1CCCCCCC1Sc1nnnn1-c1ccccc1. The molecule has 1 aromatic carbocycles. The van der Waals surface area contributed by atoms with Gasteiger partial charge in [-0.2, -0.15) is 4.68 Å². The molecule has 6 nitrogen and oxygen atoms in total. The predicted molar refractivity (Wildman–Crippen MR) is 85.7 cm³/mol. The van der Waals surface area contributed by atoms with Crippen molar-refractivity contribution in [3.05, 3.63) is 30.3 Å². The Morgan fingerprint density at radius 1 is 1.14 bits per heavy atom. The Morgan fingerprint density at radius 2 is 1.95 bits per heavy atom. The van der Waals surface area contributed by atoms with Gasteiger partial charge in [-0.15, -0.1) is 5.10 Å². The maximum atomic E-state index is 9.31. The molecule has 1 unspecified atom stereocenters. The Bertz CT molecular complexity index is 628. The van der Waals surface area contributed by atoms with Crippen molar-refractivity contribution in [2.75, 3.05) is 0 Å². The summed E-state index contributed by atoms with van der Waals surface area (Å²) in [5, 5.41) is 25.7. The lowest BCUT2D eigenvalue weighted by molar-refractivity contribution is 0.315. The van der Waals surface area contributed by atoms with E-state index in [2.05, 4.69) is 20.7 Å². The monoisotopic (exact) mass is 317 g/mol. The van der Waals surface area contributed by atoms with Gasteiger partial charge in [-0.1, -0.05) is 54.4 Å². The van der Waals surface area contributed by atoms with E-state index in [-0.39, 0.29) is 5.25 Å². The van der Waals surface area contributed by atoms with Gasteiger partial charge in [0.15, 0.2) is 0 Å². The van der Waals surface area contributed by atoms with Crippen LogP contribution >= 0.6 is 11.8 Å². The molecule has 1 N–H and O–H groups in total. The fourth-order valence-electron chi connectivity index (χ4n) is 2.67. The Balaban J connectivity index is 1.81. The zero-order chi connectivity index (χ0) is 15.2. The third kappa shape index (κ3) is 3.47. The summed E-state index contributed by atoms with van der Waals surface area (Å²) in [7, 11) is 0. The molecule has 0 saturated heterocycles. The van der Waals surface area contributed by atoms with Crippen molar-refractivity contribution in [3.63, 3.8) is 0 Å². The van der Waals surface area contributed by atoms with Crippen molar-refractivity contribution in [1.29, 1.82) is 0 Å². The van der Waals surface area contributed by atoms with Crippen LogP contribution < -0.4 is 0 Å². The van der Waals surface area contributed by atoms with Gasteiger partial charge in [-0.05, 0) is 41.8 Å². The fourth-order valence-corrected chi connectivity index (χ4v) is 3.83. The molecule has 1 aliphatic rings. The first-order valence-corrected chi connectivity index (χ1v) is 8.48. The Morgan fingerprint density at radius 3 is 2.77 bits per heavy atom. The van der Waals surface area contributed by atoms with Crippen LogP contribution in [0.1, 0.15) is 38.5 Å². The van der Waals surface area contributed by atoms with E-state index < -0.39 is 0 Å². The van der Waals surface area contributed by atoms with E-state index in [1.807, 2.05) is 30.3 Å². The fraction of sp³-hybridized carbons (Fsp3) is 0.467. The van der Waals surface area contributed by atoms with Crippen LogP contribution in [0.2, 0.25) is 0 Å². The molecule has 2 aromatic rings. The quantitative estimate of drug-likeness (QED) is 0.694. The van der Waals surface area contributed by atoms with Crippen LogP contribution in [0, 0.1) is 0 Å². The predicted octanol–water partition coefficient (Wildman–Crippen LogP) is 3.31. The van der Waals surface area contributed by atoms with Gasteiger partial charge in [-0.3, -0.25) is 0 Å². The molecule has 1 heterocycles. The van der Waals surface area contributed by atoms with E-state index in [4.69, 9.17) is 0 Å². The van der Waals surface area contributed by atoms with E-state index in [0.717, 1.165) is 42.2 Å².